The summed E-state index contributed by atoms with van der Waals surface area (Å²) in [6.07, 6.45) is 3.38. The summed E-state index contributed by atoms with van der Waals surface area (Å²) in [7, 11) is 0. The number of anilines is 1. The number of nitrogens with zero attached hydrogens (tertiary/aromatic N) is 1. The minimum absolute atomic E-state index is 0.219. The van der Waals surface area contributed by atoms with Gasteiger partial charge in [0.2, 0.25) is 5.91 Å². The fourth-order valence-electron chi connectivity index (χ4n) is 2.78. The number of carbonyl (C=O) groups is 2. The van der Waals surface area contributed by atoms with Gasteiger partial charge < -0.3 is 10.2 Å². The first-order chi connectivity index (χ1) is 12.6. The highest BCUT2D eigenvalue weighted by Gasteiger charge is 2.30. The molecule has 1 aliphatic carbocycles. The van der Waals surface area contributed by atoms with Crippen molar-refractivity contribution < 1.29 is 14.0 Å². The highest BCUT2D eigenvalue weighted by atomic mass is 32.2. The van der Waals surface area contributed by atoms with Crippen LogP contribution >= 0.6 is 11.8 Å². The van der Waals surface area contributed by atoms with Crippen LogP contribution in [0.4, 0.5) is 10.1 Å². The number of rotatable bonds is 4. The molecule has 1 N–H and O–H groups in total. The van der Waals surface area contributed by atoms with Gasteiger partial charge in [0, 0.05) is 17.0 Å². The molecule has 132 valence electrons. The van der Waals surface area contributed by atoms with Crippen LogP contribution in [0.25, 0.3) is 0 Å². The Kier molecular flexibility index (Phi) is 4.51. The molecule has 4 rings (SSSR count). The fourth-order valence-corrected chi connectivity index (χ4v) is 3.81. The number of benzene rings is 2. The van der Waals surface area contributed by atoms with E-state index < -0.39 is 0 Å². The lowest BCUT2D eigenvalue weighted by atomic mass is 10.1. The first-order valence-corrected chi connectivity index (χ1v) is 9.27. The molecule has 1 fully saturated rings. The van der Waals surface area contributed by atoms with Gasteiger partial charge in [0.15, 0.2) is 0 Å². The van der Waals surface area contributed by atoms with Crippen LogP contribution < -0.4 is 10.2 Å². The Labute approximate surface area is 155 Å². The second-order valence-electron chi connectivity index (χ2n) is 6.38. The van der Waals surface area contributed by atoms with Gasteiger partial charge in [-0.15, -0.1) is 0 Å². The zero-order valence-electron chi connectivity index (χ0n) is 13.9. The lowest BCUT2D eigenvalue weighted by Crippen LogP contribution is -2.34. The third kappa shape index (κ3) is 3.65. The van der Waals surface area contributed by atoms with E-state index in [9.17, 15) is 14.0 Å². The van der Waals surface area contributed by atoms with E-state index in [1.807, 2.05) is 24.3 Å². The van der Waals surface area contributed by atoms with Gasteiger partial charge in [-0.3, -0.25) is 9.59 Å². The molecule has 0 spiro atoms. The van der Waals surface area contributed by atoms with E-state index in [2.05, 4.69) is 5.32 Å². The SMILES string of the molecule is O=C(C=C1Sc2ccccc2N(Cc2ccc(F)cc2)C1=O)NC1CC1. The van der Waals surface area contributed by atoms with Crippen molar-refractivity contribution in [1.29, 1.82) is 0 Å². The molecule has 0 saturated heterocycles. The van der Waals surface area contributed by atoms with E-state index in [-0.39, 0.29) is 23.7 Å². The van der Waals surface area contributed by atoms with E-state index in [1.165, 1.54) is 30.0 Å². The van der Waals surface area contributed by atoms with Crippen LogP contribution in [-0.4, -0.2) is 17.9 Å². The monoisotopic (exact) mass is 368 g/mol. The van der Waals surface area contributed by atoms with Crippen molar-refractivity contribution in [3.05, 3.63) is 70.9 Å². The molecule has 6 heteroatoms. The molecule has 2 aromatic carbocycles. The predicted molar refractivity (Wildman–Crippen MR) is 99.1 cm³/mol. The quantitative estimate of drug-likeness (QED) is 0.839. The number of thioether (sulfide) groups is 1. The smallest absolute Gasteiger partial charge is 0.265 e. The lowest BCUT2D eigenvalue weighted by Gasteiger charge is -2.30. The molecule has 1 aliphatic heterocycles. The first kappa shape index (κ1) is 16.8. The average Bonchev–Trinajstić information content (AvgIpc) is 3.44. The molecular formula is C20H17FN2O2S. The fraction of sp³-hybridized carbons (Fsp3) is 0.200. The summed E-state index contributed by atoms with van der Waals surface area (Å²) in [5.41, 5.74) is 1.62. The Balaban J connectivity index is 1.64. The molecule has 4 nitrogen and oxygen atoms in total. The van der Waals surface area contributed by atoms with Gasteiger partial charge >= 0.3 is 0 Å². The van der Waals surface area contributed by atoms with Gasteiger partial charge in [0.05, 0.1) is 17.1 Å². The highest BCUT2D eigenvalue weighted by Crippen LogP contribution is 2.41. The van der Waals surface area contributed by atoms with E-state index >= 15 is 0 Å². The van der Waals surface area contributed by atoms with E-state index in [0.717, 1.165) is 29.0 Å². The second kappa shape index (κ2) is 6.96. The van der Waals surface area contributed by atoms with Gasteiger partial charge in [-0.1, -0.05) is 36.0 Å². The maximum absolute atomic E-state index is 13.2. The standard InChI is InChI=1S/C20H17FN2O2S/c21-14-7-5-13(6-8-14)12-23-16-3-1-2-4-17(16)26-18(20(23)25)11-19(24)22-15-9-10-15/h1-8,11,15H,9-10,12H2,(H,22,24). The second-order valence-corrected chi connectivity index (χ2v) is 7.46. The Morgan fingerprint density at radius 3 is 2.65 bits per heavy atom. The molecule has 0 unspecified atom stereocenters. The van der Waals surface area contributed by atoms with Crippen molar-refractivity contribution in [2.75, 3.05) is 4.90 Å². The van der Waals surface area contributed by atoms with Crippen molar-refractivity contribution in [2.24, 2.45) is 0 Å². The number of nitrogens with one attached hydrogen (secondary N) is 1. The summed E-state index contributed by atoms with van der Waals surface area (Å²) >= 11 is 1.31. The Bertz CT molecular complexity index is 891. The van der Waals surface area contributed by atoms with Crippen LogP contribution in [0.5, 0.6) is 0 Å². The summed E-state index contributed by atoms with van der Waals surface area (Å²) in [5.74, 6) is -0.763. The number of carbonyl (C=O) groups excluding carboxylic acids is 2. The minimum atomic E-state index is -0.313. The molecule has 2 aromatic rings. The van der Waals surface area contributed by atoms with Gasteiger partial charge in [-0.25, -0.2) is 4.39 Å². The molecule has 2 aliphatic rings. The molecular weight excluding hydrogens is 351 g/mol. The molecule has 26 heavy (non-hydrogen) atoms. The van der Waals surface area contributed by atoms with Gasteiger partial charge in [-0.2, -0.15) is 0 Å². The minimum Gasteiger partial charge on any atom is -0.350 e. The van der Waals surface area contributed by atoms with Crippen LogP contribution in [-0.2, 0) is 16.1 Å². The van der Waals surface area contributed by atoms with Gasteiger partial charge in [0.25, 0.3) is 5.91 Å². The summed E-state index contributed by atoms with van der Waals surface area (Å²) in [4.78, 5) is 28.0. The van der Waals surface area contributed by atoms with Crippen molar-refractivity contribution in [2.45, 2.75) is 30.3 Å². The summed E-state index contributed by atoms with van der Waals surface area (Å²) in [5, 5.41) is 2.88. The predicted octanol–water partition coefficient (Wildman–Crippen LogP) is 3.63. The molecule has 0 atom stereocenters. The molecule has 0 radical (unpaired) electrons. The number of fused-ring (bicyclic) bond motifs is 1. The van der Waals surface area contributed by atoms with E-state index in [0.29, 0.717) is 11.4 Å². The molecule has 1 saturated carbocycles. The van der Waals surface area contributed by atoms with Crippen molar-refractivity contribution in [3.8, 4) is 0 Å². The molecule has 1 heterocycles. The number of amides is 2. The molecule has 0 bridgehead atoms. The highest BCUT2D eigenvalue weighted by molar-refractivity contribution is 8.04. The summed E-state index contributed by atoms with van der Waals surface area (Å²) in [6.45, 7) is 0.318. The Hall–Kier alpha value is -2.60. The number of hydrogen-bond donors (Lipinski definition) is 1. The van der Waals surface area contributed by atoms with Crippen LogP contribution in [0.1, 0.15) is 18.4 Å². The van der Waals surface area contributed by atoms with Crippen molar-refractivity contribution in [3.63, 3.8) is 0 Å². The first-order valence-electron chi connectivity index (χ1n) is 8.45. The van der Waals surface area contributed by atoms with Crippen LogP contribution in [0.15, 0.2) is 64.4 Å². The topological polar surface area (TPSA) is 49.4 Å². The largest absolute Gasteiger partial charge is 0.350 e. The summed E-state index contributed by atoms with van der Waals surface area (Å²) in [6, 6.07) is 13.9. The normalized spacial score (nSPS) is 18.0. The molecule has 2 amide bonds. The summed E-state index contributed by atoms with van der Waals surface area (Å²) < 4.78 is 13.2. The van der Waals surface area contributed by atoms with Crippen molar-refractivity contribution in [1.82, 2.24) is 5.32 Å². The van der Waals surface area contributed by atoms with Crippen LogP contribution in [0, 0.1) is 5.82 Å². The van der Waals surface area contributed by atoms with E-state index in [4.69, 9.17) is 0 Å². The number of halogens is 1. The Morgan fingerprint density at radius 2 is 1.92 bits per heavy atom. The zero-order valence-corrected chi connectivity index (χ0v) is 14.8. The Morgan fingerprint density at radius 1 is 1.19 bits per heavy atom. The van der Waals surface area contributed by atoms with E-state index in [1.54, 1.807) is 17.0 Å². The average molecular weight is 368 g/mol. The number of hydrogen-bond acceptors (Lipinski definition) is 3. The van der Waals surface area contributed by atoms with Crippen molar-refractivity contribution >= 4 is 29.3 Å². The third-order valence-corrected chi connectivity index (χ3v) is 5.35. The third-order valence-electron chi connectivity index (χ3n) is 4.27. The lowest BCUT2D eigenvalue weighted by molar-refractivity contribution is -0.118. The number of para-hydroxylation sites is 1. The van der Waals surface area contributed by atoms with Gasteiger partial charge in [-0.05, 0) is 42.7 Å². The molecule has 0 aromatic heterocycles. The maximum atomic E-state index is 13.2. The zero-order chi connectivity index (χ0) is 18.1. The van der Waals surface area contributed by atoms with Gasteiger partial charge in [0.1, 0.15) is 5.82 Å². The van der Waals surface area contributed by atoms with Crippen LogP contribution in [0.2, 0.25) is 0 Å². The maximum Gasteiger partial charge on any atom is 0.265 e. The van der Waals surface area contributed by atoms with Crippen LogP contribution in [0.3, 0.4) is 0 Å².